The van der Waals surface area contributed by atoms with Crippen molar-refractivity contribution in [2.75, 3.05) is 6.54 Å². The minimum Gasteiger partial charge on any atom is -0.444 e. The molecule has 0 bridgehead atoms. The van der Waals surface area contributed by atoms with E-state index in [9.17, 15) is 9.59 Å². The molecular weight excluding hydrogens is 440 g/mol. The van der Waals surface area contributed by atoms with Crippen LogP contribution < -0.4 is 5.32 Å². The lowest BCUT2D eigenvalue weighted by atomic mass is 9.83. The maximum atomic E-state index is 13.4. The van der Waals surface area contributed by atoms with E-state index in [2.05, 4.69) is 19.2 Å². The summed E-state index contributed by atoms with van der Waals surface area (Å²) < 4.78 is 12.2. The van der Waals surface area contributed by atoms with Crippen molar-refractivity contribution in [3.05, 3.63) is 47.5 Å². The van der Waals surface area contributed by atoms with Gasteiger partial charge < -0.3 is 14.8 Å². The van der Waals surface area contributed by atoms with Crippen molar-refractivity contribution in [1.82, 2.24) is 10.2 Å². The Kier molecular flexibility index (Phi) is 9.79. The fourth-order valence-electron chi connectivity index (χ4n) is 5.27. The SMILES string of the molecule is CCC(=CC1OC(C)(C)N(C(=O)OCc2ccccc2)[C@H]1CC1CCCCC1)C(=O)NCC(C)C. The first-order valence-corrected chi connectivity index (χ1v) is 13.4. The number of nitrogens with zero attached hydrogens (tertiary/aromatic N) is 1. The number of nitrogens with one attached hydrogen (secondary N) is 1. The van der Waals surface area contributed by atoms with Crippen LogP contribution in [0.15, 0.2) is 42.0 Å². The van der Waals surface area contributed by atoms with Crippen LogP contribution in [-0.2, 0) is 20.9 Å². The normalized spacial score (nSPS) is 22.9. The molecule has 1 aliphatic heterocycles. The number of hydrogen-bond acceptors (Lipinski definition) is 4. The van der Waals surface area contributed by atoms with Gasteiger partial charge in [0.15, 0.2) is 0 Å². The van der Waals surface area contributed by atoms with E-state index >= 15 is 0 Å². The molecule has 194 valence electrons. The molecule has 0 spiro atoms. The van der Waals surface area contributed by atoms with Crippen LogP contribution in [0.2, 0.25) is 0 Å². The number of carbonyl (C=O) groups excluding carboxylic acids is 2. The molecule has 1 aliphatic carbocycles. The summed E-state index contributed by atoms with van der Waals surface area (Å²) in [6, 6.07) is 9.56. The van der Waals surface area contributed by atoms with Crippen molar-refractivity contribution >= 4 is 12.0 Å². The Bertz CT molecular complexity index is 859. The van der Waals surface area contributed by atoms with Crippen molar-refractivity contribution in [2.45, 2.75) is 104 Å². The quantitative estimate of drug-likeness (QED) is 0.423. The molecule has 0 radical (unpaired) electrons. The van der Waals surface area contributed by atoms with Crippen LogP contribution in [0, 0.1) is 11.8 Å². The molecule has 0 aromatic heterocycles. The third-order valence-corrected chi connectivity index (χ3v) is 7.13. The molecule has 2 amide bonds. The lowest BCUT2D eigenvalue weighted by Crippen LogP contribution is -2.49. The van der Waals surface area contributed by atoms with E-state index in [1.54, 1.807) is 4.90 Å². The van der Waals surface area contributed by atoms with Crippen molar-refractivity contribution in [3.63, 3.8) is 0 Å². The van der Waals surface area contributed by atoms with Crippen molar-refractivity contribution in [1.29, 1.82) is 0 Å². The van der Waals surface area contributed by atoms with Crippen LogP contribution in [0.5, 0.6) is 0 Å². The van der Waals surface area contributed by atoms with E-state index in [1.165, 1.54) is 32.1 Å². The molecule has 1 saturated carbocycles. The van der Waals surface area contributed by atoms with E-state index in [0.717, 1.165) is 12.0 Å². The number of amides is 2. The molecule has 1 aromatic rings. The lowest BCUT2D eigenvalue weighted by Gasteiger charge is -2.35. The topological polar surface area (TPSA) is 67.9 Å². The van der Waals surface area contributed by atoms with E-state index in [0.29, 0.717) is 30.4 Å². The first kappa shape index (κ1) is 27.3. The minimum atomic E-state index is -0.832. The first-order valence-electron chi connectivity index (χ1n) is 13.4. The molecule has 1 aromatic carbocycles. The molecule has 1 N–H and O–H groups in total. The Morgan fingerprint density at radius 3 is 2.49 bits per heavy atom. The van der Waals surface area contributed by atoms with Crippen molar-refractivity contribution < 1.29 is 19.1 Å². The van der Waals surface area contributed by atoms with Crippen molar-refractivity contribution in [3.8, 4) is 0 Å². The summed E-state index contributed by atoms with van der Waals surface area (Å²) in [5.41, 5.74) is 0.829. The summed E-state index contributed by atoms with van der Waals surface area (Å²) in [7, 11) is 0. The van der Waals surface area contributed by atoms with Gasteiger partial charge in [0.1, 0.15) is 12.3 Å². The third-order valence-electron chi connectivity index (χ3n) is 7.13. The maximum absolute atomic E-state index is 13.4. The van der Waals surface area contributed by atoms with Gasteiger partial charge in [-0.15, -0.1) is 0 Å². The summed E-state index contributed by atoms with van der Waals surface area (Å²) >= 11 is 0. The largest absolute Gasteiger partial charge is 0.444 e. The molecule has 35 heavy (non-hydrogen) atoms. The van der Waals surface area contributed by atoms with Gasteiger partial charge in [-0.1, -0.05) is 83.2 Å². The molecule has 2 atom stereocenters. The molecule has 6 heteroatoms. The standard InChI is InChI=1S/C29H44N2O4/c1-6-24(27(32)30-19-21(2)3)18-26-25(17-22-13-9-7-10-14-22)31(29(4,5)35-26)28(33)34-20-23-15-11-8-12-16-23/h8,11-12,15-16,18,21-22,25-26H,6-7,9-10,13-14,17,19-20H2,1-5H3,(H,30,32)/t25-,26?/m0/s1. The zero-order valence-electron chi connectivity index (χ0n) is 22.2. The Morgan fingerprint density at radius 2 is 1.86 bits per heavy atom. The minimum absolute atomic E-state index is 0.0517. The van der Waals surface area contributed by atoms with E-state index in [1.807, 2.05) is 57.2 Å². The van der Waals surface area contributed by atoms with E-state index < -0.39 is 5.72 Å². The van der Waals surface area contributed by atoms with E-state index in [-0.39, 0.29) is 30.8 Å². The molecular formula is C29H44N2O4. The van der Waals surface area contributed by atoms with Gasteiger partial charge in [-0.05, 0) is 50.2 Å². The number of carbonyl (C=O) groups is 2. The number of hydrogen-bond donors (Lipinski definition) is 1. The lowest BCUT2D eigenvalue weighted by molar-refractivity contribution is -0.117. The van der Waals surface area contributed by atoms with Crippen LogP contribution in [0.3, 0.4) is 0 Å². The Morgan fingerprint density at radius 1 is 1.17 bits per heavy atom. The van der Waals surface area contributed by atoms with Crippen molar-refractivity contribution in [2.24, 2.45) is 11.8 Å². The molecule has 2 fully saturated rings. The monoisotopic (exact) mass is 484 g/mol. The zero-order chi connectivity index (χ0) is 25.4. The smallest absolute Gasteiger partial charge is 0.412 e. The second-order valence-electron chi connectivity index (χ2n) is 10.9. The van der Waals surface area contributed by atoms with Crippen LogP contribution in [0.4, 0.5) is 4.79 Å². The fraction of sp³-hybridized carbons (Fsp3) is 0.655. The van der Waals surface area contributed by atoms with Gasteiger partial charge in [0.2, 0.25) is 5.91 Å². The summed E-state index contributed by atoms with van der Waals surface area (Å²) in [6.07, 6.45) is 8.81. The molecule has 3 rings (SSSR count). The highest BCUT2D eigenvalue weighted by atomic mass is 16.6. The molecule has 1 heterocycles. The first-order chi connectivity index (χ1) is 16.7. The number of rotatable bonds is 9. The summed E-state index contributed by atoms with van der Waals surface area (Å²) in [5, 5.41) is 3.03. The third kappa shape index (κ3) is 7.57. The van der Waals surface area contributed by atoms with Gasteiger partial charge in [-0.3, -0.25) is 9.69 Å². The highest BCUT2D eigenvalue weighted by Gasteiger charge is 2.50. The molecule has 1 saturated heterocycles. The van der Waals surface area contributed by atoms with Crippen LogP contribution in [0.25, 0.3) is 0 Å². The van der Waals surface area contributed by atoms with Gasteiger partial charge in [0.05, 0.1) is 12.1 Å². The molecule has 1 unspecified atom stereocenters. The van der Waals surface area contributed by atoms with Crippen LogP contribution in [-0.4, -0.2) is 41.3 Å². The molecule has 6 nitrogen and oxygen atoms in total. The predicted octanol–water partition coefficient (Wildman–Crippen LogP) is 6.21. The van der Waals surface area contributed by atoms with Gasteiger partial charge in [-0.25, -0.2) is 4.79 Å². The average Bonchev–Trinajstić information content (AvgIpc) is 3.09. The fourth-order valence-corrected chi connectivity index (χ4v) is 5.27. The molecule has 2 aliphatic rings. The highest BCUT2D eigenvalue weighted by molar-refractivity contribution is 5.93. The second-order valence-corrected chi connectivity index (χ2v) is 10.9. The predicted molar refractivity (Wildman–Crippen MR) is 139 cm³/mol. The summed E-state index contributed by atoms with van der Waals surface area (Å²) in [4.78, 5) is 28.1. The van der Waals surface area contributed by atoms with E-state index in [4.69, 9.17) is 9.47 Å². The number of ether oxygens (including phenoxy) is 2. The Balaban J connectivity index is 1.83. The van der Waals surface area contributed by atoms with Crippen LogP contribution in [0.1, 0.15) is 85.1 Å². The maximum Gasteiger partial charge on any atom is 0.412 e. The van der Waals surface area contributed by atoms with Crippen LogP contribution >= 0.6 is 0 Å². The van der Waals surface area contributed by atoms with Gasteiger partial charge in [0.25, 0.3) is 0 Å². The zero-order valence-corrected chi connectivity index (χ0v) is 22.2. The van der Waals surface area contributed by atoms with Gasteiger partial charge in [0, 0.05) is 12.1 Å². The highest BCUT2D eigenvalue weighted by Crippen LogP contribution is 2.39. The second kappa shape index (κ2) is 12.6. The van der Waals surface area contributed by atoms with Gasteiger partial charge >= 0.3 is 6.09 Å². The summed E-state index contributed by atoms with van der Waals surface area (Å²) in [5.74, 6) is 0.878. The van der Waals surface area contributed by atoms with Gasteiger partial charge in [-0.2, -0.15) is 0 Å². The Hall–Kier alpha value is -2.34. The summed E-state index contributed by atoms with van der Waals surface area (Å²) in [6.45, 7) is 10.8. The number of benzene rings is 1. The average molecular weight is 485 g/mol. The Labute approximate surface area is 211 Å².